The predicted molar refractivity (Wildman–Crippen MR) is 118 cm³/mol. The molecule has 0 spiro atoms. The first-order valence-electron chi connectivity index (χ1n) is 9.77. The summed E-state index contributed by atoms with van der Waals surface area (Å²) in [5.41, 5.74) is 1.99. The van der Waals surface area contributed by atoms with E-state index in [-0.39, 0.29) is 17.3 Å². The first kappa shape index (κ1) is 20.8. The van der Waals surface area contributed by atoms with Gasteiger partial charge in [-0.05, 0) is 49.6 Å². The van der Waals surface area contributed by atoms with Crippen molar-refractivity contribution in [2.45, 2.75) is 24.7 Å². The van der Waals surface area contributed by atoms with E-state index in [0.29, 0.717) is 35.6 Å². The molecule has 2 heterocycles. The number of benzene rings is 2. The number of aryl methyl sites for hydroxylation is 1. The number of para-hydroxylation sites is 1. The number of rotatable bonds is 4. The number of aromatic nitrogens is 1. The summed E-state index contributed by atoms with van der Waals surface area (Å²) < 4.78 is 28.1. The van der Waals surface area contributed by atoms with Gasteiger partial charge in [-0.3, -0.25) is 9.78 Å². The van der Waals surface area contributed by atoms with E-state index in [4.69, 9.17) is 11.6 Å². The standard InChI is InChI=1S/C22H22ClN3O3S/c1-15-9-10-18(23)13-19(15)25-22(27)17-7-4-12-26(14-17)30(28,29)20-8-2-5-16-6-3-11-24-21(16)20/h2-3,5-6,8-11,13,17H,4,7,12,14H2,1H3,(H,25,27). The maximum absolute atomic E-state index is 13.4. The van der Waals surface area contributed by atoms with E-state index >= 15 is 0 Å². The van der Waals surface area contributed by atoms with Gasteiger partial charge >= 0.3 is 0 Å². The molecule has 4 rings (SSSR count). The first-order chi connectivity index (χ1) is 14.4. The smallest absolute Gasteiger partial charge is 0.245 e. The number of anilines is 1. The molecule has 1 aliphatic heterocycles. The average molecular weight is 444 g/mol. The lowest BCUT2D eigenvalue weighted by Crippen LogP contribution is -2.43. The fourth-order valence-corrected chi connectivity index (χ4v) is 5.62. The van der Waals surface area contributed by atoms with Crippen LogP contribution in [0.3, 0.4) is 0 Å². The van der Waals surface area contributed by atoms with Gasteiger partial charge in [0.25, 0.3) is 0 Å². The van der Waals surface area contributed by atoms with Crippen LogP contribution in [0, 0.1) is 12.8 Å². The van der Waals surface area contributed by atoms with Gasteiger partial charge in [0.1, 0.15) is 4.90 Å². The minimum absolute atomic E-state index is 0.136. The largest absolute Gasteiger partial charge is 0.326 e. The highest BCUT2D eigenvalue weighted by atomic mass is 35.5. The van der Waals surface area contributed by atoms with E-state index in [1.807, 2.05) is 25.1 Å². The zero-order valence-electron chi connectivity index (χ0n) is 16.5. The van der Waals surface area contributed by atoms with Crippen LogP contribution in [0.15, 0.2) is 59.6 Å². The fourth-order valence-electron chi connectivity index (χ4n) is 3.76. The van der Waals surface area contributed by atoms with Crippen LogP contribution in [0.2, 0.25) is 5.02 Å². The highest BCUT2D eigenvalue weighted by Crippen LogP contribution is 2.29. The van der Waals surface area contributed by atoms with Crippen LogP contribution >= 0.6 is 11.6 Å². The number of hydrogen-bond acceptors (Lipinski definition) is 4. The Morgan fingerprint density at radius 2 is 2.00 bits per heavy atom. The summed E-state index contributed by atoms with van der Waals surface area (Å²) in [6, 6.07) is 14.0. The molecule has 1 saturated heterocycles. The summed E-state index contributed by atoms with van der Waals surface area (Å²) in [7, 11) is -3.77. The van der Waals surface area contributed by atoms with Crippen LogP contribution in [0.1, 0.15) is 18.4 Å². The lowest BCUT2D eigenvalue weighted by Gasteiger charge is -2.31. The molecule has 1 fully saturated rings. The molecule has 2 aromatic carbocycles. The Morgan fingerprint density at radius 3 is 2.83 bits per heavy atom. The van der Waals surface area contributed by atoms with E-state index in [0.717, 1.165) is 10.9 Å². The Hall–Kier alpha value is -2.48. The van der Waals surface area contributed by atoms with Gasteiger partial charge in [0.15, 0.2) is 0 Å². The molecule has 0 saturated carbocycles. The topological polar surface area (TPSA) is 79.4 Å². The van der Waals surface area contributed by atoms with Crippen molar-refractivity contribution in [3.8, 4) is 0 Å². The van der Waals surface area contributed by atoms with Crippen molar-refractivity contribution in [3.63, 3.8) is 0 Å². The van der Waals surface area contributed by atoms with E-state index in [1.54, 1.807) is 36.5 Å². The van der Waals surface area contributed by atoms with Crippen molar-refractivity contribution in [1.82, 2.24) is 9.29 Å². The summed E-state index contributed by atoms with van der Waals surface area (Å²) in [6.07, 6.45) is 2.83. The third-order valence-electron chi connectivity index (χ3n) is 5.43. The Kier molecular flexibility index (Phi) is 5.77. The van der Waals surface area contributed by atoms with Crippen LogP contribution in [0.25, 0.3) is 10.9 Å². The summed E-state index contributed by atoms with van der Waals surface area (Å²) >= 11 is 6.04. The van der Waals surface area contributed by atoms with Crippen molar-refractivity contribution in [3.05, 3.63) is 65.3 Å². The molecule has 1 aliphatic rings. The van der Waals surface area contributed by atoms with Crippen molar-refractivity contribution in [2.75, 3.05) is 18.4 Å². The SMILES string of the molecule is Cc1ccc(Cl)cc1NC(=O)C1CCCN(S(=O)(=O)c2cccc3cccnc23)C1. The van der Waals surface area contributed by atoms with E-state index < -0.39 is 15.9 Å². The molecule has 1 amide bonds. The molecule has 3 aromatic rings. The van der Waals surface area contributed by atoms with Crippen molar-refractivity contribution < 1.29 is 13.2 Å². The lowest BCUT2D eigenvalue weighted by atomic mass is 9.98. The number of nitrogens with one attached hydrogen (secondary N) is 1. The molecule has 1 unspecified atom stereocenters. The number of halogens is 1. The molecule has 30 heavy (non-hydrogen) atoms. The van der Waals surface area contributed by atoms with Gasteiger partial charge in [0.05, 0.1) is 11.4 Å². The van der Waals surface area contributed by atoms with Crippen molar-refractivity contribution in [2.24, 2.45) is 5.92 Å². The molecule has 0 aliphatic carbocycles. The number of piperidine rings is 1. The highest BCUT2D eigenvalue weighted by Gasteiger charge is 2.34. The summed E-state index contributed by atoms with van der Waals surface area (Å²) in [6.45, 7) is 2.40. The number of sulfonamides is 1. The highest BCUT2D eigenvalue weighted by molar-refractivity contribution is 7.89. The quantitative estimate of drug-likeness (QED) is 0.654. The molecular formula is C22H22ClN3O3S. The number of carbonyl (C=O) groups excluding carboxylic acids is 1. The number of nitrogens with zero attached hydrogens (tertiary/aromatic N) is 2. The van der Waals surface area contributed by atoms with Gasteiger partial charge in [-0.25, -0.2) is 8.42 Å². The Labute approximate surface area is 180 Å². The van der Waals surface area contributed by atoms with Gasteiger partial charge in [-0.1, -0.05) is 35.9 Å². The van der Waals surface area contributed by atoms with Crippen LogP contribution in [0.4, 0.5) is 5.69 Å². The van der Waals surface area contributed by atoms with Crippen molar-refractivity contribution in [1.29, 1.82) is 0 Å². The molecule has 156 valence electrons. The number of amides is 1. The second kappa shape index (κ2) is 8.34. The second-order valence-corrected chi connectivity index (χ2v) is 9.82. The minimum atomic E-state index is -3.77. The molecule has 0 radical (unpaired) electrons. The maximum Gasteiger partial charge on any atom is 0.245 e. The van der Waals surface area contributed by atoms with Gasteiger partial charge in [0.2, 0.25) is 15.9 Å². The molecular weight excluding hydrogens is 422 g/mol. The van der Waals surface area contributed by atoms with Crippen molar-refractivity contribution >= 4 is 44.1 Å². The Morgan fingerprint density at radius 1 is 1.20 bits per heavy atom. The fraction of sp³-hybridized carbons (Fsp3) is 0.273. The normalized spacial score (nSPS) is 17.7. The molecule has 1 atom stereocenters. The Bertz CT molecular complexity index is 1210. The maximum atomic E-state index is 13.4. The number of pyridine rings is 1. The first-order valence-corrected chi connectivity index (χ1v) is 11.6. The zero-order valence-corrected chi connectivity index (χ0v) is 18.1. The van der Waals surface area contributed by atoms with E-state index in [1.165, 1.54) is 4.31 Å². The van der Waals surface area contributed by atoms with E-state index in [2.05, 4.69) is 10.3 Å². The number of fused-ring (bicyclic) bond motifs is 1. The van der Waals surface area contributed by atoms with Crippen LogP contribution < -0.4 is 5.32 Å². The predicted octanol–water partition coefficient (Wildman–Crippen LogP) is 4.24. The molecule has 1 aromatic heterocycles. The number of hydrogen-bond donors (Lipinski definition) is 1. The summed E-state index contributed by atoms with van der Waals surface area (Å²) in [4.78, 5) is 17.3. The second-order valence-electron chi connectivity index (χ2n) is 7.48. The van der Waals surface area contributed by atoms with Crippen LogP contribution in [-0.4, -0.2) is 36.7 Å². The van der Waals surface area contributed by atoms with Crippen LogP contribution in [0.5, 0.6) is 0 Å². The zero-order chi connectivity index (χ0) is 21.3. The van der Waals surface area contributed by atoms with Crippen LogP contribution in [-0.2, 0) is 14.8 Å². The summed E-state index contributed by atoms with van der Waals surface area (Å²) in [5.74, 6) is -0.633. The minimum Gasteiger partial charge on any atom is -0.326 e. The molecule has 0 bridgehead atoms. The third-order valence-corrected chi connectivity index (χ3v) is 7.56. The molecule has 1 N–H and O–H groups in total. The van der Waals surface area contributed by atoms with Gasteiger partial charge in [-0.2, -0.15) is 4.31 Å². The molecule has 8 heteroatoms. The number of carbonyl (C=O) groups is 1. The lowest BCUT2D eigenvalue weighted by molar-refractivity contribution is -0.120. The Balaban J connectivity index is 1.57. The average Bonchev–Trinajstić information content (AvgIpc) is 2.76. The van der Waals surface area contributed by atoms with Gasteiger partial charge < -0.3 is 5.32 Å². The van der Waals surface area contributed by atoms with Gasteiger partial charge in [0, 0.05) is 35.4 Å². The summed E-state index contributed by atoms with van der Waals surface area (Å²) in [5, 5.41) is 4.20. The monoisotopic (exact) mass is 443 g/mol. The molecule has 6 nitrogen and oxygen atoms in total. The van der Waals surface area contributed by atoms with Gasteiger partial charge in [-0.15, -0.1) is 0 Å². The van der Waals surface area contributed by atoms with E-state index in [9.17, 15) is 13.2 Å². The third kappa shape index (κ3) is 4.05.